The molecular formula is C10H14ClNO3. The van der Waals surface area contributed by atoms with Gasteiger partial charge in [0, 0.05) is 6.54 Å². The molecule has 0 aromatic rings. The Morgan fingerprint density at radius 1 is 1.67 bits per heavy atom. The Morgan fingerprint density at radius 2 is 2.47 bits per heavy atom. The van der Waals surface area contributed by atoms with E-state index in [0.29, 0.717) is 13.1 Å². The number of hydrogen-bond acceptors (Lipinski definition) is 3. The van der Waals surface area contributed by atoms with Crippen molar-refractivity contribution in [1.29, 1.82) is 0 Å². The molecular weight excluding hydrogens is 218 g/mol. The van der Waals surface area contributed by atoms with Crippen molar-refractivity contribution < 1.29 is 14.3 Å². The molecule has 0 bridgehead atoms. The van der Waals surface area contributed by atoms with E-state index in [0.717, 1.165) is 12.8 Å². The number of nitrogens with zero attached hydrogens (tertiary/aromatic N) is 1. The fourth-order valence-electron chi connectivity index (χ4n) is 1.54. The van der Waals surface area contributed by atoms with E-state index in [4.69, 9.17) is 27.5 Å². The Labute approximate surface area is 94.5 Å². The molecule has 1 atom stereocenters. The van der Waals surface area contributed by atoms with Gasteiger partial charge in [-0.1, -0.05) is 17.5 Å². The molecule has 1 heterocycles. The first-order valence-corrected chi connectivity index (χ1v) is 5.34. The van der Waals surface area contributed by atoms with Crippen LogP contribution in [0.3, 0.4) is 0 Å². The third kappa shape index (κ3) is 3.98. The van der Waals surface area contributed by atoms with Crippen LogP contribution in [0.2, 0.25) is 0 Å². The minimum Gasteiger partial charge on any atom is -0.433 e. The highest BCUT2D eigenvalue weighted by atomic mass is 35.5. The van der Waals surface area contributed by atoms with Crippen LogP contribution in [0.4, 0.5) is 4.79 Å². The van der Waals surface area contributed by atoms with E-state index in [1.807, 2.05) is 0 Å². The van der Waals surface area contributed by atoms with Crippen molar-refractivity contribution in [1.82, 2.24) is 4.90 Å². The van der Waals surface area contributed by atoms with Gasteiger partial charge in [0.25, 0.3) is 0 Å². The Hall–Kier alpha value is -0.920. The smallest absolute Gasteiger partial charge is 0.411 e. The van der Waals surface area contributed by atoms with Crippen molar-refractivity contribution in [2.45, 2.75) is 18.9 Å². The van der Waals surface area contributed by atoms with Gasteiger partial charge in [0.15, 0.2) is 6.07 Å². The predicted molar refractivity (Wildman–Crippen MR) is 56.6 cm³/mol. The summed E-state index contributed by atoms with van der Waals surface area (Å²) in [5, 5.41) is 0. The number of amides is 1. The maximum absolute atomic E-state index is 11.3. The molecule has 4 nitrogen and oxygen atoms in total. The molecule has 0 radical (unpaired) electrons. The zero-order valence-corrected chi connectivity index (χ0v) is 9.20. The van der Waals surface area contributed by atoms with Crippen LogP contribution in [0.1, 0.15) is 12.8 Å². The molecule has 15 heavy (non-hydrogen) atoms. The molecule has 5 heteroatoms. The third-order valence-corrected chi connectivity index (χ3v) is 2.33. The van der Waals surface area contributed by atoms with Crippen molar-refractivity contribution in [2.75, 3.05) is 25.8 Å². The molecule has 0 N–H and O–H groups in total. The summed E-state index contributed by atoms with van der Waals surface area (Å²) in [7, 11) is 0. The van der Waals surface area contributed by atoms with E-state index in [1.165, 1.54) is 0 Å². The van der Waals surface area contributed by atoms with Crippen LogP contribution < -0.4 is 0 Å². The standard InChI is InChI=1S/C10H14ClNO3/c1-2-6-14-9-4-3-5-12(7-9)10(13)15-8-11/h1,9H,3-8H2. The normalized spacial score (nSPS) is 20.8. The molecule has 0 saturated carbocycles. The lowest BCUT2D eigenvalue weighted by atomic mass is 10.1. The summed E-state index contributed by atoms with van der Waals surface area (Å²) in [6, 6.07) is -0.120. The van der Waals surface area contributed by atoms with E-state index in [2.05, 4.69) is 5.92 Å². The topological polar surface area (TPSA) is 38.8 Å². The second kappa shape index (κ2) is 6.54. The number of carbonyl (C=O) groups excluding carboxylic acids is 1. The zero-order valence-electron chi connectivity index (χ0n) is 8.45. The van der Waals surface area contributed by atoms with Gasteiger partial charge in [0.1, 0.15) is 6.61 Å². The fourth-order valence-corrected chi connectivity index (χ4v) is 1.64. The van der Waals surface area contributed by atoms with Gasteiger partial charge in [0.05, 0.1) is 12.6 Å². The maximum atomic E-state index is 11.3. The quantitative estimate of drug-likeness (QED) is 0.545. The second-order valence-electron chi connectivity index (χ2n) is 3.24. The second-order valence-corrected chi connectivity index (χ2v) is 3.46. The number of hydrogen-bond donors (Lipinski definition) is 0. The molecule has 1 aliphatic heterocycles. The molecule has 1 unspecified atom stereocenters. The van der Waals surface area contributed by atoms with Crippen LogP contribution >= 0.6 is 11.6 Å². The van der Waals surface area contributed by atoms with E-state index in [1.54, 1.807) is 4.90 Å². The van der Waals surface area contributed by atoms with E-state index < -0.39 is 0 Å². The fraction of sp³-hybridized carbons (Fsp3) is 0.700. The lowest BCUT2D eigenvalue weighted by Gasteiger charge is -2.31. The summed E-state index contributed by atoms with van der Waals surface area (Å²) >= 11 is 5.31. The summed E-state index contributed by atoms with van der Waals surface area (Å²) in [4.78, 5) is 12.9. The Balaban J connectivity index is 2.35. The van der Waals surface area contributed by atoms with Crippen LogP contribution in [-0.4, -0.2) is 42.9 Å². The SMILES string of the molecule is C#CCOC1CCCN(C(=O)OCCl)C1. The largest absolute Gasteiger partial charge is 0.433 e. The number of carbonyl (C=O) groups is 1. The highest BCUT2D eigenvalue weighted by Gasteiger charge is 2.24. The van der Waals surface area contributed by atoms with Gasteiger partial charge in [0.2, 0.25) is 0 Å². The van der Waals surface area contributed by atoms with Crippen LogP contribution in [-0.2, 0) is 9.47 Å². The monoisotopic (exact) mass is 231 g/mol. The number of piperidine rings is 1. The maximum Gasteiger partial charge on any atom is 0.411 e. The Morgan fingerprint density at radius 3 is 3.13 bits per heavy atom. The van der Waals surface area contributed by atoms with E-state index >= 15 is 0 Å². The lowest BCUT2D eigenvalue weighted by Crippen LogP contribution is -2.43. The Kier molecular flexibility index (Phi) is 5.30. The molecule has 1 amide bonds. The highest BCUT2D eigenvalue weighted by molar-refractivity contribution is 6.17. The number of ether oxygens (including phenoxy) is 2. The van der Waals surface area contributed by atoms with Crippen molar-refractivity contribution in [3.05, 3.63) is 0 Å². The van der Waals surface area contributed by atoms with Gasteiger partial charge in [-0.05, 0) is 12.8 Å². The molecule has 0 aliphatic carbocycles. The highest BCUT2D eigenvalue weighted by Crippen LogP contribution is 2.14. The minimum absolute atomic E-state index is 0.0117. The van der Waals surface area contributed by atoms with Crippen LogP contribution in [0.15, 0.2) is 0 Å². The number of rotatable bonds is 3. The van der Waals surface area contributed by atoms with E-state index in [-0.39, 0.29) is 24.9 Å². The van der Waals surface area contributed by atoms with Crippen LogP contribution in [0.5, 0.6) is 0 Å². The van der Waals surface area contributed by atoms with Crippen molar-refractivity contribution >= 4 is 17.7 Å². The average Bonchev–Trinajstić information content (AvgIpc) is 2.27. The molecule has 84 valence electrons. The number of halogens is 1. The number of alkyl halides is 1. The molecule has 0 aromatic heterocycles. The molecule has 1 saturated heterocycles. The Bertz CT molecular complexity index is 252. The summed E-state index contributed by atoms with van der Waals surface area (Å²) in [5.41, 5.74) is 0. The number of terminal acetylenes is 1. The van der Waals surface area contributed by atoms with Gasteiger partial charge in [-0.3, -0.25) is 0 Å². The summed E-state index contributed by atoms with van der Waals surface area (Å²) in [6.45, 7) is 1.49. The number of likely N-dealkylation sites (tertiary alicyclic amines) is 1. The van der Waals surface area contributed by atoms with Gasteiger partial charge in [-0.25, -0.2) is 4.79 Å². The van der Waals surface area contributed by atoms with Gasteiger partial charge < -0.3 is 14.4 Å². The van der Waals surface area contributed by atoms with Crippen molar-refractivity contribution in [2.24, 2.45) is 0 Å². The van der Waals surface area contributed by atoms with Gasteiger partial charge in [-0.15, -0.1) is 6.42 Å². The van der Waals surface area contributed by atoms with Gasteiger partial charge >= 0.3 is 6.09 Å². The predicted octanol–water partition coefficient (Wildman–Crippen LogP) is 1.43. The molecule has 1 fully saturated rings. The lowest BCUT2D eigenvalue weighted by molar-refractivity contribution is 0.0142. The van der Waals surface area contributed by atoms with Gasteiger partial charge in [-0.2, -0.15) is 0 Å². The molecule has 1 rings (SSSR count). The molecule has 1 aliphatic rings. The first-order chi connectivity index (χ1) is 7.27. The van der Waals surface area contributed by atoms with Crippen LogP contribution in [0.25, 0.3) is 0 Å². The first-order valence-electron chi connectivity index (χ1n) is 4.80. The summed E-state index contributed by atoms with van der Waals surface area (Å²) in [6.07, 6.45) is 6.53. The zero-order chi connectivity index (χ0) is 11.1. The molecule has 0 aromatic carbocycles. The first kappa shape index (κ1) is 12.2. The van der Waals surface area contributed by atoms with E-state index in [9.17, 15) is 4.79 Å². The minimum atomic E-state index is -0.390. The summed E-state index contributed by atoms with van der Waals surface area (Å²) in [5.74, 6) is 2.41. The molecule has 0 spiro atoms. The summed E-state index contributed by atoms with van der Waals surface area (Å²) < 4.78 is 10.1. The van der Waals surface area contributed by atoms with Crippen LogP contribution in [0, 0.1) is 12.3 Å². The van der Waals surface area contributed by atoms with Crippen molar-refractivity contribution in [3.63, 3.8) is 0 Å². The average molecular weight is 232 g/mol. The third-order valence-electron chi connectivity index (χ3n) is 2.22. The van der Waals surface area contributed by atoms with Crippen molar-refractivity contribution in [3.8, 4) is 12.3 Å².